The fourth-order valence-corrected chi connectivity index (χ4v) is 3.06. The number of benzene rings is 1. The Morgan fingerprint density at radius 2 is 1.74 bits per heavy atom. The summed E-state index contributed by atoms with van der Waals surface area (Å²) in [4.78, 5) is 2.38. The van der Waals surface area contributed by atoms with Crippen molar-refractivity contribution in [2.75, 3.05) is 27.2 Å². The van der Waals surface area contributed by atoms with Gasteiger partial charge in [0.1, 0.15) is 0 Å². The van der Waals surface area contributed by atoms with Crippen molar-refractivity contribution in [2.45, 2.75) is 44.6 Å². The third kappa shape index (κ3) is 2.85. The van der Waals surface area contributed by atoms with Gasteiger partial charge in [-0.15, -0.1) is 0 Å². The van der Waals surface area contributed by atoms with Gasteiger partial charge in [-0.1, -0.05) is 45.0 Å². The minimum absolute atomic E-state index is 0.161. The molecule has 1 aromatic rings. The Balaban J connectivity index is 2.33. The van der Waals surface area contributed by atoms with Crippen molar-refractivity contribution in [1.82, 2.24) is 10.2 Å². The quantitative estimate of drug-likeness (QED) is 0.879. The van der Waals surface area contributed by atoms with E-state index in [0.717, 1.165) is 13.1 Å². The summed E-state index contributed by atoms with van der Waals surface area (Å²) in [6.45, 7) is 9.01. The molecule has 106 valence electrons. The third-order valence-corrected chi connectivity index (χ3v) is 4.51. The first-order valence-electron chi connectivity index (χ1n) is 7.35. The van der Waals surface area contributed by atoms with Crippen LogP contribution in [0.3, 0.4) is 0 Å². The number of nitrogens with one attached hydrogen (secondary N) is 1. The molecule has 0 saturated carbocycles. The molecule has 0 aliphatic carbocycles. The van der Waals surface area contributed by atoms with Gasteiger partial charge in [0.2, 0.25) is 0 Å². The van der Waals surface area contributed by atoms with Crippen LogP contribution in [0.2, 0.25) is 0 Å². The van der Waals surface area contributed by atoms with Gasteiger partial charge in [0.15, 0.2) is 0 Å². The molecule has 2 rings (SSSR count). The van der Waals surface area contributed by atoms with E-state index in [4.69, 9.17) is 0 Å². The highest BCUT2D eigenvalue weighted by Crippen LogP contribution is 2.34. The lowest BCUT2D eigenvalue weighted by Gasteiger charge is -2.44. The first-order valence-corrected chi connectivity index (χ1v) is 7.35. The predicted molar refractivity (Wildman–Crippen MR) is 82.6 cm³/mol. The highest BCUT2D eigenvalue weighted by atomic mass is 15.2. The van der Waals surface area contributed by atoms with Gasteiger partial charge in [-0.25, -0.2) is 0 Å². The standard InChI is InChI=1S/C17H28N2/c1-16(2,3)14-7-9-15(10-8-14)17(19(4)5)11-6-12-18-13-17/h7-10,18H,6,11-13H2,1-5H3. The molecule has 0 spiro atoms. The number of rotatable bonds is 2. The van der Waals surface area contributed by atoms with Gasteiger partial charge in [-0.05, 0) is 50.0 Å². The molecule has 1 aromatic carbocycles. The summed E-state index contributed by atoms with van der Waals surface area (Å²) >= 11 is 0. The molecular formula is C17H28N2. The summed E-state index contributed by atoms with van der Waals surface area (Å²) < 4.78 is 0. The van der Waals surface area contributed by atoms with Gasteiger partial charge in [-0.2, -0.15) is 0 Å². The lowest BCUT2D eigenvalue weighted by molar-refractivity contribution is 0.113. The number of piperidine rings is 1. The number of hydrogen-bond donors (Lipinski definition) is 1. The van der Waals surface area contributed by atoms with Gasteiger partial charge in [0, 0.05) is 6.54 Å². The van der Waals surface area contributed by atoms with E-state index in [1.807, 2.05) is 0 Å². The zero-order valence-electron chi connectivity index (χ0n) is 13.1. The summed E-state index contributed by atoms with van der Waals surface area (Å²) in [7, 11) is 4.40. The number of likely N-dealkylation sites (N-methyl/N-ethyl adjacent to an activating group) is 1. The average Bonchev–Trinajstić information content (AvgIpc) is 2.38. The van der Waals surface area contributed by atoms with Crippen LogP contribution in [0.15, 0.2) is 24.3 Å². The fraction of sp³-hybridized carbons (Fsp3) is 0.647. The van der Waals surface area contributed by atoms with Crippen LogP contribution in [0.4, 0.5) is 0 Å². The Bertz CT molecular complexity index is 406. The lowest BCUT2D eigenvalue weighted by atomic mass is 9.79. The van der Waals surface area contributed by atoms with Crippen LogP contribution in [0.1, 0.15) is 44.7 Å². The van der Waals surface area contributed by atoms with Crippen molar-refractivity contribution in [1.29, 1.82) is 0 Å². The minimum atomic E-state index is 0.161. The predicted octanol–water partition coefficient (Wildman–Crippen LogP) is 3.12. The molecule has 1 atom stereocenters. The maximum absolute atomic E-state index is 3.56. The summed E-state index contributed by atoms with van der Waals surface area (Å²) in [5.74, 6) is 0. The first-order chi connectivity index (χ1) is 8.86. The lowest BCUT2D eigenvalue weighted by Crippen LogP contribution is -2.52. The van der Waals surface area contributed by atoms with Gasteiger partial charge in [0.05, 0.1) is 5.54 Å². The Morgan fingerprint density at radius 1 is 1.11 bits per heavy atom. The Labute approximate surface area is 118 Å². The summed E-state index contributed by atoms with van der Waals surface area (Å²) in [6, 6.07) is 9.26. The molecule has 2 nitrogen and oxygen atoms in total. The second-order valence-corrected chi connectivity index (χ2v) is 7.03. The molecule has 1 fully saturated rings. The van der Waals surface area contributed by atoms with E-state index in [1.54, 1.807) is 0 Å². The molecule has 1 saturated heterocycles. The first kappa shape index (κ1) is 14.5. The molecule has 1 N–H and O–H groups in total. The van der Waals surface area contributed by atoms with Crippen LogP contribution in [-0.4, -0.2) is 32.1 Å². The van der Waals surface area contributed by atoms with Crippen LogP contribution in [-0.2, 0) is 11.0 Å². The maximum atomic E-state index is 3.56. The molecule has 1 aliphatic heterocycles. The van der Waals surface area contributed by atoms with E-state index in [9.17, 15) is 0 Å². The van der Waals surface area contributed by atoms with Crippen LogP contribution in [0, 0.1) is 0 Å². The molecule has 0 amide bonds. The zero-order chi connectivity index (χ0) is 14.1. The van der Waals surface area contributed by atoms with E-state index < -0.39 is 0 Å². The monoisotopic (exact) mass is 260 g/mol. The number of nitrogens with zero attached hydrogens (tertiary/aromatic N) is 1. The van der Waals surface area contributed by atoms with Crippen molar-refractivity contribution in [3.8, 4) is 0 Å². The SMILES string of the molecule is CN(C)C1(c2ccc(C(C)(C)C)cc2)CCCNC1. The number of hydrogen-bond acceptors (Lipinski definition) is 2. The molecular weight excluding hydrogens is 232 g/mol. The van der Waals surface area contributed by atoms with Crippen LogP contribution < -0.4 is 5.32 Å². The Morgan fingerprint density at radius 3 is 2.16 bits per heavy atom. The largest absolute Gasteiger partial charge is 0.315 e. The van der Waals surface area contributed by atoms with Gasteiger partial charge in [0.25, 0.3) is 0 Å². The van der Waals surface area contributed by atoms with Crippen molar-refractivity contribution in [2.24, 2.45) is 0 Å². The third-order valence-electron chi connectivity index (χ3n) is 4.51. The van der Waals surface area contributed by atoms with Crippen LogP contribution in [0.25, 0.3) is 0 Å². The summed E-state index contributed by atoms with van der Waals surface area (Å²) in [6.07, 6.45) is 2.49. The second kappa shape index (κ2) is 5.26. The zero-order valence-corrected chi connectivity index (χ0v) is 13.1. The van der Waals surface area contributed by atoms with E-state index >= 15 is 0 Å². The van der Waals surface area contributed by atoms with Gasteiger partial charge < -0.3 is 5.32 Å². The fourth-order valence-electron chi connectivity index (χ4n) is 3.06. The molecule has 1 unspecified atom stereocenters. The molecule has 1 heterocycles. The summed E-state index contributed by atoms with van der Waals surface area (Å²) in [5, 5.41) is 3.56. The topological polar surface area (TPSA) is 15.3 Å². The van der Waals surface area contributed by atoms with E-state index in [-0.39, 0.29) is 11.0 Å². The van der Waals surface area contributed by atoms with E-state index in [0.29, 0.717) is 0 Å². The van der Waals surface area contributed by atoms with E-state index in [1.165, 1.54) is 24.0 Å². The van der Waals surface area contributed by atoms with Crippen molar-refractivity contribution < 1.29 is 0 Å². The maximum Gasteiger partial charge on any atom is 0.0581 e. The van der Waals surface area contributed by atoms with Gasteiger partial charge in [-0.3, -0.25) is 4.90 Å². The Kier molecular flexibility index (Phi) is 4.03. The van der Waals surface area contributed by atoms with Crippen molar-refractivity contribution in [3.05, 3.63) is 35.4 Å². The molecule has 1 aliphatic rings. The Hall–Kier alpha value is -0.860. The minimum Gasteiger partial charge on any atom is -0.315 e. The van der Waals surface area contributed by atoms with Crippen LogP contribution >= 0.6 is 0 Å². The highest BCUT2D eigenvalue weighted by molar-refractivity contribution is 5.32. The van der Waals surface area contributed by atoms with Crippen molar-refractivity contribution in [3.63, 3.8) is 0 Å². The normalized spacial score (nSPS) is 24.7. The summed E-state index contributed by atoms with van der Waals surface area (Å²) in [5.41, 5.74) is 3.25. The van der Waals surface area contributed by atoms with Crippen molar-refractivity contribution >= 4 is 0 Å². The molecule has 0 radical (unpaired) electrons. The average molecular weight is 260 g/mol. The molecule has 2 heteroatoms. The highest BCUT2D eigenvalue weighted by Gasteiger charge is 2.36. The molecule has 0 bridgehead atoms. The molecule has 19 heavy (non-hydrogen) atoms. The smallest absolute Gasteiger partial charge is 0.0581 e. The van der Waals surface area contributed by atoms with Gasteiger partial charge >= 0.3 is 0 Å². The molecule has 0 aromatic heterocycles. The second-order valence-electron chi connectivity index (χ2n) is 7.03. The van der Waals surface area contributed by atoms with Crippen LogP contribution in [0.5, 0.6) is 0 Å². The van der Waals surface area contributed by atoms with E-state index in [2.05, 4.69) is 69.3 Å².